The number of hydrogen-bond acceptors (Lipinski definition) is 2. The van der Waals surface area contributed by atoms with Crippen LogP contribution in [0.25, 0.3) is 0 Å². The molecule has 0 aromatic heterocycles. The van der Waals surface area contributed by atoms with Gasteiger partial charge in [0.1, 0.15) is 0 Å². The Hall–Kier alpha value is 1.44. The molecule has 0 heterocycles. The summed E-state index contributed by atoms with van der Waals surface area (Å²) in [4.78, 5) is 0. The Balaban J connectivity index is 0. The molecule has 0 aliphatic carbocycles. The molecule has 0 nitrogen and oxygen atoms in total. The average Bonchev–Trinajstić information content (AvgIpc) is 1.37. The molecule has 0 unspecified atom stereocenters. The largest absolute Gasteiger partial charge is 0.0979 e. The molecule has 0 aromatic carbocycles. The van der Waals surface area contributed by atoms with Crippen LogP contribution >= 0.6 is 21.6 Å². The first-order chi connectivity index (χ1) is 1.91. The van der Waals surface area contributed by atoms with Gasteiger partial charge >= 0.3 is 0 Å². The minimum Gasteiger partial charge on any atom is -0.0979 e. The van der Waals surface area contributed by atoms with E-state index in [0.717, 1.165) is 0 Å². The average molecular weight is 202 g/mol. The normalized spacial score (nSPS) is 6.00. The van der Waals surface area contributed by atoms with Crippen LogP contribution in [0.1, 0.15) is 0 Å². The van der Waals surface area contributed by atoms with Gasteiger partial charge in [0.05, 0.1) is 0 Å². The van der Waals surface area contributed by atoms with E-state index in [2.05, 4.69) is 12.5 Å². The first kappa shape index (κ1) is 9.67. The molecular formula is C2H6AgS2. The third-order valence-corrected chi connectivity index (χ3v) is 1.50. The maximum atomic E-state index is 2.06. The van der Waals surface area contributed by atoms with E-state index in [1.807, 2.05) is 0 Å². The van der Waals surface area contributed by atoms with Gasteiger partial charge in [-0.3, -0.25) is 0 Å². The Morgan fingerprint density at radius 2 is 1.20 bits per heavy atom. The molecule has 0 aliphatic rings. The Labute approximate surface area is 56.4 Å². The summed E-state index contributed by atoms with van der Waals surface area (Å²) in [5.41, 5.74) is 0. The third-order valence-electron chi connectivity index (χ3n) is 0.167. The van der Waals surface area contributed by atoms with Crippen LogP contribution in [0.3, 0.4) is 0 Å². The fourth-order valence-electron chi connectivity index (χ4n) is 0. The maximum absolute atomic E-state index is 2.06. The molecule has 0 bridgehead atoms. The van der Waals surface area contributed by atoms with Gasteiger partial charge in [0.15, 0.2) is 0 Å². The predicted octanol–water partition coefficient (Wildman–Crippen LogP) is 1.62. The molecule has 37 valence electrons. The van der Waals surface area contributed by atoms with Crippen molar-refractivity contribution in [2.24, 2.45) is 0 Å². The minimum absolute atomic E-state index is 0. The van der Waals surface area contributed by atoms with Crippen LogP contribution in [-0.4, -0.2) is 12.5 Å². The van der Waals surface area contributed by atoms with Gasteiger partial charge in [0, 0.05) is 22.4 Å². The zero-order valence-corrected chi connectivity index (χ0v) is 6.23. The third kappa shape index (κ3) is 10.8. The fourth-order valence-corrected chi connectivity index (χ4v) is 0. The standard InChI is InChI=1S/C2H6S2.Ag/c1-3-4-2;/h1-2H3;. The van der Waals surface area contributed by atoms with Gasteiger partial charge in [-0.25, -0.2) is 0 Å². The van der Waals surface area contributed by atoms with E-state index in [1.165, 1.54) is 0 Å². The quantitative estimate of drug-likeness (QED) is 0.468. The van der Waals surface area contributed by atoms with E-state index in [-0.39, 0.29) is 22.4 Å². The zero-order chi connectivity index (χ0) is 3.41. The second-order valence-corrected chi connectivity index (χ2v) is 3.00. The smallest absolute Gasteiger partial charge is 0 e. The van der Waals surface area contributed by atoms with Crippen molar-refractivity contribution in [2.75, 3.05) is 12.5 Å². The summed E-state index contributed by atoms with van der Waals surface area (Å²) in [6.45, 7) is 0. The summed E-state index contributed by atoms with van der Waals surface area (Å²) in [5.74, 6) is 0. The van der Waals surface area contributed by atoms with Gasteiger partial charge in [-0.15, -0.1) is 0 Å². The fraction of sp³-hybridized carbons (Fsp3) is 1.00. The summed E-state index contributed by atoms with van der Waals surface area (Å²) in [7, 11) is 3.55. The molecule has 0 aliphatic heterocycles. The molecular weight excluding hydrogens is 196 g/mol. The molecule has 0 atom stereocenters. The molecule has 0 aromatic rings. The van der Waals surface area contributed by atoms with Crippen LogP contribution in [0.5, 0.6) is 0 Å². The number of rotatable bonds is 1. The van der Waals surface area contributed by atoms with Crippen molar-refractivity contribution in [1.29, 1.82) is 0 Å². The Morgan fingerprint density at radius 1 is 1.00 bits per heavy atom. The van der Waals surface area contributed by atoms with Gasteiger partial charge in [-0.2, -0.15) is 0 Å². The van der Waals surface area contributed by atoms with E-state index in [9.17, 15) is 0 Å². The number of hydrogen-bond donors (Lipinski definition) is 0. The monoisotopic (exact) mass is 201 g/mol. The molecule has 0 N–H and O–H groups in total. The predicted molar refractivity (Wildman–Crippen MR) is 27.0 cm³/mol. The molecule has 0 amide bonds. The topological polar surface area (TPSA) is 0 Å². The van der Waals surface area contributed by atoms with Crippen LogP contribution in [0.15, 0.2) is 0 Å². The van der Waals surface area contributed by atoms with Crippen molar-refractivity contribution in [3.8, 4) is 0 Å². The van der Waals surface area contributed by atoms with Crippen LogP contribution in [0, 0.1) is 0 Å². The summed E-state index contributed by atoms with van der Waals surface area (Å²) >= 11 is 0. The van der Waals surface area contributed by atoms with Gasteiger partial charge in [-0.1, -0.05) is 21.6 Å². The van der Waals surface area contributed by atoms with Crippen molar-refractivity contribution in [2.45, 2.75) is 0 Å². The van der Waals surface area contributed by atoms with Crippen molar-refractivity contribution in [3.05, 3.63) is 0 Å². The SMILES string of the molecule is CSSC.[Ag]. The van der Waals surface area contributed by atoms with Gasteiger partial charge in [0.25, 0.3) is 0 Å². The van der Waals surface area contributed by atoms with E-state index in [1.54, 1.807) is 21.6 Å². The summed E-state index contributed by atoms with van der Waals surface area (Å²) in [6, 6.07) is 0. The minimum atomic E-state index is 0. The molecule has 1 radical (unpaired) electrons. The van der Waals surface area contributed by atoms with E-state index in [4.69, 9.17) is 0 Å². The van der Waals surface area contributed by atoms with Crippen LogP contribution < -0.4 is 0 Å². The van der Waals surface area contributed by atoms with E-state index < -0.39 is 0 Å². The molecule has 0 fully saturated rings. The summed E-state index contributed by atoms with van der Waals surface area (Å²) in [5, 5.41) is 0. The zero-order valence-electron chi connectivity index (χ0n) is 3.12. The van der Waals surface area contributed by atoms with Crippen LogP contribution in [0.4, 0.5) is 0 Å². The van der Waals surface area contributed by atoms with E-state index >= 15 is 0 Å². The van der Waals surface area contributed by atoms with Crippen LogP contribution in [-0.2, 0) is 22.4 Å². The second kappa shape index (κ2) is 9.06. The Kier molecular flexibility index (Phi) is 17.5. The molecule has 5 heavy (non-hydrogen) atoms. The van der Waals surface area contributed by atoms with Crippen molar-refractivity contribution in [1.82, 2.24) is 0 Å². The van der Waals surface area contributed by atoms with Gasteiger partial charge in [-0.05, 0) is 12.5 Å². The molecule has 0 saturated heterocycles. The van der Waals surface area contributed by atoms with E-state index in [0.29, 0.717) is 0 Å². The maximum Gasteiger partial charge on any atom is 0 e. The summed E-state index contributed by atoms with van der Waals surface area (Å²) < 4.78 is 0. The second-order valence-electron chi connectivity index (χ2n) is 0.333. The Bertz CT molecular complexity index is 9.61. The van der Waals surface area contributed by atoms with Crippen molar-refractivity contribution >= 4 is 21.6 Å². The Morgan fingerprint density at radius 3 is 1.20 bits per heavy atom. The molecule has 0 saturated carbocycles. The van der Waals surface area contributed by atoms with Gasteiger partial charge < -0.3 is 0 Å². The molecule has 0 rings (SSSR count). The van der Waals surface area contributed by atoms with Gasteiger partial charge in [0.2, 0.25) is 0 Å². The van der Waals surface area contributed by atoms with Crippen LogP contribution in [0.2, 0.25) is 0 Å². The first-order valence-corrected chi connectivity index (χ1v) is 3.95. The first-order valence-electron chi connectivity index (χ1n) is 0.983. The molecule has 0 spiro atoms. The van der Waals surface area contributed by atoms with Crippen molar-refractivity contribution < 1.29 is 22.4 Å². The molecule has 3 heteroatoms. The summed E-state index contributed by atoms with van der Waals surface area (Å²) in [6.07, 6.45) is 4.12. The van der Waals surface area contributed by atoms with Crippen molar-refractivity contribution in [3.63, 3.8) is 0 Å².